The normalized spacial score (nSPS) is 15.1. The monoisotopic (exact) mass is 365 g/mol. The fourth-order valence-corrected chi connectivity index (χ4v) is 3.60. The minimum Gasteiger partial charge on any atom is -0.357 e. The van der Waals surface area contributed by atoms with Crippen LogP contribution >= 0.6 is 0 Å². The molecule has 1 saturated heterocycles. The minimum absolute atomic E-state index is 0.0312. The van der Waals surface area contributed by atoms with Crippen LogP contribution in [0.5, 0.6) is 0 Å². The second-order valence-electron chi connectivity index (χ2n) is 7.96. The van der Waals surface area contributed by atoms with Gasteiger partial charge in [0, 0.05) is 25.8 Å². The molecule has 144 valence electrons. The number of piperidine rings is 1. The van der Waals surface area contributed by atoms with E-state index < -0.39 is 0 Å². The molecule has 2 aromatic rings. The van der Waals surface area contributed by atoms with E-state index in [1.54, 1.807) is 6.20 Å². The van der Waals surface area contributed by atoms with Crippen molar-refractivity contribution in [3.8, 4) is 0 Å². The van der Waals surface area contributed by atoms with E-state index in [1.165, 1.54) is 18.4 Å². The molecule has 4 nitrogen and oxygen atoms in total. The molecule has 1 aliphatic rings. The van der Waals surface area contributed by atoms with Gasteiger partial charge in [0.2, 0.25) is 0 Å². The van der Waals surface area contributed by atoms with E-state index in [1.807, 2.05) is 12.1 Å². The number of amides is 1. The summed E-state index contributed by atoms with van der Waals surface area (Å²) in [6.45, 7) is 7.10. The van der Waals surface area contributed by atoms with Crippen molar-refractivity contribution in [1.29, 1.82) is 0 Å². The lowest BCUT2D eigenvalue weighted by Crippen LogP contribution is -2.35. The van der Waals surface area contributed by atoms with Crippen LogP contribution in [0.4, 0.5) is 5.82 Å². The fourth-order valence-electron chi connectivity index (χ4n) is 3.60. The SMILES string of the molecule is CC(C)CCNC(=O)c1ccc(N2CCC(Cc3ccccc3)CC2)nc1. The predicted molar refractivity (Wildman–Crippen MR) is 111 cm³/mol. The molecule has 3 rings (SSSR count). The number of hydrogen-bond donors (Lipinski definition) is 1. The molecular weight excluding hydrogens is 334 g/mol. The maximum absolute atomic E-state index is 12.2. The number of pyridine rings is 1. The van der Waals surface area contributed by atoms with Crippen molar-refractivity contribution in [2.75, 3.05) is 24.5 Å². The van der Waals surface area contributed by atoms with Gasteiger partial charge < -0.3 is 10.2 Å². The molecular formula is C23H31N3O. The number of carbonyl (C=O) groups excluding carboxylic acids is 1. The van der Waals surface area contributed by atoms with E-state index >= 15 is 0 Å². The Morgan fingerprint density at radius 2 is 1.89 bits per heavy atom. The van der Waals surface area contributed by atoms with E-state index in [9.17, 15) is 4.79 Å². The van der Waals surface area contributed by atoms with Crippen LogP contribution in [-0.2, 0) is 6.42 Å². The summed E-state index contributed by atoms with van der Waals surface area (Å²) >= 11 is 0. The average molecular weight is 366 g/mol. The first-order valence-electron chi connectivity index (χ1n) is 10.1. The van der Waals surface area contributed by atoms with Crippen LogP contribution < -0.4 is 10.2 Å². The van der Waals surface area contributed by atoms with E-state index in [0.29, 0.717) is 18.0 Å². The van der Waals surface area contributed by atoms with Crippen molar-refractivity contribution in [3.05, 3.63) is 59.8 Å². The number of anilines is 1. The van der Waals surface area contributed by atoms with Crippen molar-refractivity contribution in [2.24, 2.45) is 11.8 Å². The molecule has 0 bridgehead atoms. The van der Waals surface area contributed by atoms with Crippen LogP contribution in [-0.4, -0.2) is 30.5 Å². The molecule has 27 heavy (non-hydrogen) atoms. The summed E-state index contributed by atoms with van der Waals surface area (Å²) in [7, 11) is 0. The topological polar surface area (TPSA) is 45.2 Å². The highest BCUT2D eigenvalue weighted by molar-refractivity contribution is 5.94. The number of nitrogens with one attached hydrogen (secondary N) is 1. The maximum atomic E-state index is 12.2. The molecule has 1 aromatic carbocycles. The third-order valence-corrected chi connectivity index (χ3v) is 5.32. The Balaban J connectivity index is 1.47. The zero-order valence-electron chi connectivity index (χ0n) is 16.5. The van der Waals surface area contributed by atoms with Crippen molar-refractivity contribution in [1.82, 2.24) is 10.3 Å². The van der Waals surface area contributed by atoms with E-state index in [4.69, 9.17) is 0 Å². The third kappa shape index (κ3) is 5.81. The van der Waals surface area contributed by atoms with Gasteiger partial charge in [-0.3, -0.25) is 4.79 Å². The maximum Gasteiger partial charge on any atom is 0.252 e. The van der Waals surface area contributed by atoms with Crippen LogP contribution in [0.1, 0.15) is 49.0 Å². The zero-order valence-corrected chi connectivity index (χ0v) is 16.5. The number of rotatable bonds is 7. The molecule has 0 saturated carbocycles. The molecule has 1 amide bonds. The lowest BCUT2D eigenvalue weighted by atomic mass is 9.90. The number of benzene rings is 1. The molecule has 0 atom stereocenters. The van der Waals surface area contributed by atoms with Crippen LogP contribution in [0.25, 0.3) is 0 Å². The molecule has 4 heteroatoms. The highest BCUT2D eigenvalue weighted by Gasteiger charge is 2.20. The van der Waals surface area contributed by atoms with Crippen molar-refractivity contribution < 1.29 is 4.79 Å². The lowest BCUT2D eigenvalue weighted by molar-refractivity contribution is 0.0951. The molecule has 1 aliphatic heterocycles. The van der Waals surface area contributed by atoms with Gasteiger partial charge in [-0.15, -0.1) is 0 Å². The van der Waals surface area contributed by atoms with Crippen molar-refractivity contribution in [2.45, 2.75) is 39.5 Å². The van der Waals surface area contributed by atoms with Crippen molar-refractivity contribution >= 4 is 11.7 Å². The first-order valence-corrected chi connectivity index (χ1v) is 10.1. The summed E-state index contributed by atoms with van der Waals surface area (Å²) < 4.78 is 0. The highest BCUT2D eigenvalue weighted by Crippen LogP contribution is 2.24. The van der Waals surface area contributed by atoms with Gasteiger partial charge in [-0.05, 0) is 55.2 Å². The summed E-state index contributed by atoms with van der Waals surface area (Å²) in [5, 5.41) is 2.97. The standard InChI is InChI=1S/C23H31N3O/c1-18(2)10-13-24-23(27)21-8-9-22(25-17-21)26-14-11-20(12-15-26)16-19-6-4-3-5-7-19/h3-9,17-18,20H,10-16H2,1-2H3,(H,24,27). The lowest BCUT2D eigenvalue weighted by Gasteiger charge is -2.33. The average Bonchev–Trinajstić information content (AvgIpc) is 2.69. The van der Waals surface area contributed by atoms with Gasteiger partial charge in [-0.1, -0.05) is 44.2 Å². The first kappa shape index (κ1) is 19.4. The predicted octanol–water partition coefficient (Wildman–Crippen LogP) is 4.32. The van der Waals surface area contributed by atoms with Crippen LogP contribution in [0.2, 0.25) is 0 Å². The Morgan fingerprint density at radius 3 is 2.52 bits per heavy atom. The number of hydrogen-bond acceptors (Lipinski definition) is 3. The van der Waals surface area contributed by atoms with Gasteiger partial charge in [0.1, 0.15) is 5.82 Å². The second kappa shape index (κ2) is 9.54. The van der Waals surface area contributed by atoms with Gasteiger partial charge in [0.05, 0.1) is 5.56 Å². The first-order chi connectivity index (χ1) is 13.1. The molecule has 0 spiro atoms. The molecule has 0 radical (unpaired) electrons. The second-order valence-corrected chi connectivity index (χ2v) is 7.96. The summed E-state index contributed by atoms with van der Waals surface area (Å²) in [6.07, 6.45) is 6.24. The Bertz CT molecular complexity index is 704. The summed E-state index contributed by atoms with van der Waals surface area (Å²) in [6, 6.07) is 14.6. The molecule has 1 fully saturated rings. The van der Waals surface area contributed by atoms with Gasteiger partial charge >= 0.3 is 0 Å². The number of nitrogens with zero attached hydrogens (tertiary/aromatic N) is 2. The summed E-state index contributed by atoms with van der Waals surface area (Å²) in [5.74, 6) is 2.29. The quantitative estimate of drug-likeness (QED) is 0.795. The van der Waals surface area contributed by atoms with E-state index in [0.717, 1.165) is 37.7 Å². The van der Waals surface area contributed by atoms with Crippen molar-refractivity contribution in [3.63, 3.8) is 0 Å². The van der Waals surface area contributed by atoms with Crippen LogP contribution in [0, 0.1) is 11.8 Å². The van der Waals surface area contributed by atoms with E-state index in [-0.39, 0.29) is 5.91 Å². The number of carbonyl (C=O) groups is 1. The van der Waals surface area contributed by atoms with Gasteiger partial charge in [-0.2, -0.15) is 0 Å². The molecule has 2 heterocycles. The molecule has 1 N–H and O–H groups in total. The smallest absolute Gasteiger partial charge is 0.252 e. The Kier molecular flexibility index (Phi) is 6.86. The van der Waals surface area contributed by atoms with Gasteiger partial charge in [-0.25, -0.2) is 4.98 Å². The zero-order chi connectivity index (χ0) is 19.1. The molecule has 1 aromatic heterocycles. The summed E-state index contributed by atoms with van der Waals surface area (Å²) in [5.41, 5.74) is 2.07. The number of aromatic nitrogens is 1. The Hall–Kier alpha value is -2.36. The Labute approximate surface area is 163 Å². The van der Waals surface area contributed by atoms with Crippen LogP contribution in [0.3, 0.4) is 0 Å². The minimum atomic E-state index is -0.0312. The summed E-state index contributed by atoms with van der Waals surface area (Å²) in [4.78, 5) is 19.0. The highest BCUT2D eigenvalue weighted by atomic mass is 16.1. The molecule has 0 unspecified atom stereocenters. The third-order valence-electron chi connectivity index (χ3n) is 5.32. The Morgan fingerprint density at radius 1 is 1.15 bits per heavy atom. The van der Waals surface area contributed by atoms with Crippen LogP contribution in [0.15, 0.2) is 48.7 Å². The van der Waals surface area contributed by atoms with E-state index in [2.05, 4.69) is 59.4 Å². The largest absolute Gasteiger partial charge is 0.357 e. The van der Waals surface area contributed by atoms with Gasteiger partial charge in [0.25, 0.3) is 5.91 Å². The van der Waals surface area contributed by atoms with Gasteiger partial charge in [0.15, 0.2) is 0 Å². The fraction of sp³-hybridized carbons (Fsp3) is 0.478. The molecule has 0 aliphatic carbocycles.